The third-order valence-corrected chi connectivity index (χ3v) is 4.58. The predicted octanol–water partition coefficient (Wildman–Crippen LogP) is 1.88. The summed E-state index contributed by atoms with van der Waals surface area (Å²) in [5.74, 6) is 1.72. The minimum Gasteiger partial charge on any atom is -0.355 e. The largest absolute Gasteiger partial charge is 0.355 e. The summed E-state index contributed by atoms with van der Waals surface area (Å²) < 4.78 is 0. The summed E-state index contributed by atoms with van der Waals surface area (Å²) in [6.07, 6.45) is 9.55. The zero-order chi connectivity index (χ0) is 14.7. The fourth-order valence-corrected chi connectivity index (χ4v) is 3.38. The van der Waals surface area contributed by atoms with Crippen LogP contribution < -0.4 is 4.90 Å². The van der Waals surface area contributed by atoms with Crippen molar-refractivity contribution < 1.29 is 4.79 Å². The smallest absolute Gasteiger partial charge is 0.219 e. The van der Waals surface area contributed by atoms with Gasteiger partial charge in [0.15, 0.2) is 0 Å². The summed E-state index contributed by atoms with van der Waals surface area (Å²) >= 11 is 0. The second-order valence-corrected chi connectivity index (χ2v) is 6.24. The van der Waals surface area contributed by atoms with Crippen LogP contribution in [0.2, 0.25) is 0 Å². The molecule has 0 saturated carbocycles. The number of likely N-dealkylation sites (tertiary alicyclic amines) is 1. The van der Waals surface area contributed by atoms with E-state index < -0.39 is 0 Å². The van der Waals surface area contributed by atoms with E-state index >= 15 is 0 Å². The van der Waals surface area contributed by atoms with Crippen molar-refractivity contribution >= 4 is 11.7 Å². The van der Waals surface area contributed by atoms with Crippen molar-refractivity contribution in [1.82, 2.24) is 14.9 Å². The summed E-state index contributed by atoms with van der Waals surface area (Å²) in [6.45, 7) is 5.64. The molecule has 0 bridgehead atoms. The molecule has 2 saturated heterocycles. The summed E-state index contributed by atoms with van der Waals surface area (Å²) in [6, 6.07) is 0. The second kappa shape index (κ2) is 6.41. The van der Waals surface area contributed by atoms with Crippen molar-refractivity contribution in [2.75, 3.05) is 31.1 Å². The molecule has 0 aliphatic carbocycles. The first kappa shape index (κ1) is 14.3. The Morgan fingerprint density at radius 1 is 1.19 bits per heavy atom. The fraction of sp³-hybridized carbons (Fsp3) is 0.688. The number of hydrogen-bond acceptors (Lipinski definition) is 4. The zero-order valence-electron chi connectivity index (χ0n) is 12.8. The molecule has 0 spiro atoms. The molecule has 3 heterocycles. The van der Waals surface area contributed by atoms with E-state index in [1.807, 2.05) is 17.3 Å². The van der Waals surface area contributed by atoms with Gasteiger partial charge in [-0.05, 0) is 38.0 Å². The number of amides is 1. The molecule has 0 N–H and O–H groups in total. The number of hydrogen-bond donors (Lipinski definition) is 0. The van der Waals surface area contributed by atoms with E-state index in [1.165, 1.54) is 19.3 Å². The average Bonchev–Trinajstić information content (AvgIpc) is 3.02. The van der Waals surface area contributed by atoms with Crippen LogP contribution in [-0.2, 0) is 11.2 Å². The van der Waals surface area contributed by atoms with Gasteiger partial charge in [0.25, 0.3) is 0 Å². The molecule has 0 radical (unpaired) electrons. The number of aromatic nitrogens is 2. The van der Waals surface area contributed by atoms with Crippen molar-refractivity contribution in [2.24, 2.45) is 5.92 Å². The minimum atomic E-state index is 0.190. The molecule has 1 aromatic rings. The Kier molecular flexibility index (Phi) is 4.36. The molecule has 21 heavy (non-hydrogen) atoms. The Morgan fingerprint density at radius 2 is 2.00 bits per heavy atom. The molecule has 1 atom stereocenters. The van der Waals surface area contributed by atoms with Crippen molar-refractivity contribution in [1.29, 1.82) is 0 Å². The van der Waals surface area contributed by atoms with Crippen molar-refractivity contribution in [3.8, 4) is 0 Å². The second-order valence-electron chi connectivity index (χ2n) is 6.24. The van der Waals surface area contributed by atoms with Crippen LogP contribution in [0.5, 0.6) is 0 Å². The van der Waals surface area contributed by atoms with Gasteiger partial charge in [-0.15, -0.1) is 0 Å². The van der Waals surface area contributed by atoms with E-state index in [2.05, 4.69) is 14.9 Å². The van der Waals surface area contributed by atoms with Crippen molar-refractivity contribution in [3.05, 3.63) is 18.1 Å². The molecule has 1 unspecified atom stereocenters. The van der Waals surface area contributed by atoms with E-state index in [4.69, 9.17) is 0 Å². The van der Waals surface area contributed by atoms with Crippen LogP contribution in [0, 0.1) is 5.92 Å². The first-order chi connectivity index (χ1) is 10.2. The van der Waals surface area contributed by atoms with Crippen LogP contribution in [0.15, 0.2) is 12.4 Å². The third-order valence-electron chi connectivity index (χ3n) is 4.58. The average molecular weight is 288 g/mol. The van der Waals surface area contributed by atoms with Crippen LogP contribution in [0.3, 0.4) is 0 Å². The van der Waals surface area contributed by atoms with Gasteiger partial charge in [-0.3, -0.25) is 9.78 Å². The highest BCUT2D eigenvalue weighted by atomic mass is 16.2. The molecular formula is C16H24N4O. The summed E-state index contributed by atoms with van der Waals surface area (Å²) in [4.78, 5) is 24.9. The first-order valence-electron chi connectivity index (χ1n) is 8.04. The summed E-state index contributed by atoms with van der Waals surface area (Å²) in [5, 5.41) is 0. The Bertz CT molecular complexity index is 482. The topological polar surface area (TPSA) is 49.3 Å². The lowest BCUT2D eigenvalue weighted by Crippen LogP contribution is -2.39. The zero-order valence-corrected chi connectivity index (χ0v) is 12.8. The highest BCUT2D eigenvalue weighted by Crippen LogP contribution is 2.21. The van der Waals surface area contributed by atoms with E-state index in [0.717, 1.165) is 50.5 Å². The van der Waals surface area contributed by atoms with Crippen LogP contribution >= 0.6 is 0 Å². The Labute approximate surface area is 126 Å². The highest BCUT2D eigenvalue weighted by Gasteiger charge is 2.22. The van der Waals surface area contributed by atoms with Gasteiger partial charge in [0.2, 0.25) is 5.91 Å². The maximum absolute atomic E-state index is 11.5. The fourth-order valence-electron chi connectivity index (χ4n) is 3.38. The third kappa shape index (κ3) is 3.52. The first-order valence-corrected chi connectivity index (χ1v) is 8.04. The van der Waals surface area contributed by atoms with Gasteiger partial charge in [0.1, 0.15) is 5.82 Å². The minimum absolute atomic E-state index is 0.190. The molecule has 0 aromatic carbocycles. The Balaban J connectivity index is 1.58. The number of carbonyl (C=O) groups is 1. The standard InChI is InChI=1S/C16H24N4O/c1-13(21)20-8-4-5-14(12-20)9-15-10-18-16(11-17-15)19-6-2-3-7-19/h10-11,14H,2-9,12H2,1H3. The van der Waals surface area contributed by atoms with E-state index in [-0.39, 0.29) is 5.91 Å². The summed E-state index contributed by atoms with van der Waals surface area (Å²) in [5.41, 5.74) is 1.05. The molecule has 2 aliphatic rings. The molecule has 2 aliphatic heterocycles. The molecule has 1 amide bonds. The number of anilines is 1. The van der Waals surface area contributed by atoms with Crippen LogP contribution in [-0.4, -0.2) is 47.0 Å². The molecular weight excluding hydrogens is 264 g/mol. The number of carbonyl (C=O) groups excluding carboxylic acids is 1. The lowest BCUT2D eigenvalue weighted by molar-refractivity contribution is -0.130. The van der Waals surface area contributed by atoms with Gasteiger partial charge in [0.05, 0.1) is 18.1 Å². The van der Waals surface area contributed by atoms with Gasteiger partial charge in [-0.25, -0.2) is 4.98 Å². The molecule has 1 aromatic heterocycles. The van der Waals surface area contributed by atoms with Crippen LogP contribution in [0.25, 0.3) is 0 Å². The Morgan fingerprint density at radius 3 is 2.67 bits per heavy atom. The normalized spacial score (nSPS) is 22.6. The van der Waals surface area contributed by atoms with E-state index in [9.17, 15) is 4.79 Å². The lowest BCUT2D eigenvalue weighted by Gasteiger charge is -2.31. The van der Waals surface area contributed by atoms with Gasteiger partial charge < -0.3 is 9.80 Å². The molecule has 3 rings (SSSR count). The molecule has 2 fully saturated rings. The van der Waals surface area contributed by atoms with Crippen molar-refractivity contribution in [3.63, 3.8) is 0 Å². The summed E-state index contributed by atoms with van der Waals surface area (Å²) in [7, 11) is 0. The van der Waals surface area contributed by atoms with Crippen LogP contribution in [0.1, 0.15) is 38.3 Å². The molecule has 114 valence electrons. The SMILES string of the molecule is CC(=O)N1CCCC(Cc2cnc(N3CCCC3)cn2)C1. The van der Waals surface area contributed by atoms with Crippen LogP contribution in [0.4, 0.5) is 5.82 Å². The van der Waals surface area contributed by atoms with E-state index in [1.54, 1.807) is 6.92 Å². The van der Waals surface area contributed by atoms with Gasteiger partial charge in [-0.2, -0.15) is 0 Å². The van der Waals surface area contributed by atoms with E-state index in [0.29, 0.717) is 5.92 Å². The number of nitrogens with zero attached hydrogens (tertiary/aromatic N) is 4. The maximum atomic E-state index is 11.5. The number of rotatable bonds is 3. The quantitative estimate of drug-likeness (QED) is 0.852. The van der Waals surface area contributed by atoms with Gasteiger partial charge in [-0.1, -0.05) is 0 Å². The molecule has 5 heteroatoms. The van der Waals surface area contributed by atoms with Crippen molar-refractivity contribution in [2.45, 2.75) is 39.0 Å². The Hall–Kier alpha value is -1.65. The molecule has 5 nitrogen and oxygen atoms in total. The highest BCUT2D eigenvalue weighted by molar-refractivity contribution is 5.73. The number of piperidine rings is 1. The monoisotopic (exact) mass is 288 g/mol. The lowest BCUT2D eigenvalue weighted by atomic mass is 9.93. The van der Waals surface area contributed by atoms with Gasteiger partial charge >= 0.3 is 0 Å². The predicted molar refractivity (Wildman–Crippen MR) is 82.2 cm³/mol. The van der Waals surface area contributed by atoms with Gasteiger partial charge in [0, 0.05) is 33.1 Å². The maximum Gasteiger partial charge on any atom is 0.219 e.